The molecule has 0 saturated carbocycles. The first-order valence-electron chi connectivity index (χ1n) is 8.96. The van der Waals surface area contributed by atoms with Gasteiger partial charge in [0.15, 0.2) is 0 Å². The first-order chi connectivity index (χ1) is 14.9. The molecule has 2 aromatic carbocycles. The molecule has 9 heteroatoms. The maximum atomic E-state index is 12.4. The van der Waals surface area contributed by atoms with Crippen LogP contribution in [0.4, 0.5) is 11.4 Å². The van der Waals surface area contributed by atoms with Crippen molar-refractivity contribution in [3.63, 3.8) is 0 Å². The van der Waals surface area contributed by atoms with E-state index in [1.165, 1.54) is 24.5 Å². The largest absolute Gasteiger partial charge is 0.495 e. The lowest BCUT2D eigenvalue weighted by atomic mass is 10.2. The van der Waals surface area contributed by atoms with E-state index < -0.39 is 0 Å². The Kier molecular flexibility index (Phi) is 7.89. The summed E-state index contributed by atoms with van der Waals surface area (Å²) in [5.74, 6) is 0.516. The fraction of sp³-hybridized carbons (Fsp3) is 0.0909. The standard InChI is InChI=1S/C22H18Br2N2O4S/c1-29-18-12-15(6-7-17(18)26-22(28)19-4-3-9-31-19)25-20(27)8-5-13-10-14(23)11-16(24)21(13)30-2/h3-12H,1-2H3,(H,25,27)(H,26,28)/b8-5+. The fourth-order valence-electron chi connectivity index (χ4n) is 2.73. The zero-order valence-corrected chi connectivity index (χ0v) is 20.6. The molecule has 0 atom stereocenters. The van der Waals surface area contributed by atoms with Crippen LogP contribution in [0.5, 0.6) is 11.5 Å². The molecule has 31 heavy (non-hydrogen) atoms. The Morgan fingerprint density at radius 2 is 1.84 bits per heavy atom. The van der Waals surface area contributed by atoms with Crippen molar-refractivity contribution in [2.45, 2.75) is 0 Å². The van der Waals surface area contributed by atoms with Gasteiger partial charge in [-0.05, 0) is 57.7 Å². The lowest BCUT2D eigenvalue weighted by Gasteiger charge is -2.12. The predicted octanol–water partition coefficient (Wildman–Crippen LogP) is 6.19. The average Bonchev–Trinajstić information content (AvgIpc) is 3.28. The SMILES string of the molecule is COc1cc(NC(=O)/C=C/c2cc(Br)cc(Br)c2OC)ccc1NC(=O)c1cccs1. The van der Waals surface area contributed by atoms with Crippen LogP contribution in [0, 0.1) is 0 Å². The minimum atomic E-state index is -0.324. The molecule has 1 heterocycles. The van der Waals surface area contributed by atoms with E-state index in [2.05, 4.69) is 42.5 Å². The summed E-state index contributed by atoms with van der Waals surface area (Å²) >= 11 is 8.22. The fourth-order valence-corrected chi connectivity index (χ4v) is 4.77. The van der Waals surface area contributed by atoms with Gasteiger partial charge >= 0.3 is 0 Å². The number of thiophene rings is 1. The van der Waals surface area contributed by atoms with E-state index in [4.69, 9.17) is 9.47 Å². The van der Waals surface area contributed by atoms with E-state index in [9.17, 15) is 9.59 Å². The van der Waals surface area contributed by atoms with Gasteiger partial charge in [-0.3, -0.25) is 9.59 Å². The molecule has 0 unspecified atom stereocenters. The summed E-state index contributed by atoms with van der Waals surface area (Å²) in [6, 6.07) is 12.3. The zero-order chi connectivity index (χ0) is 22.4. The number of nitrogens with one attached hydrogen (secondary N) is 2. The van der Waals surface area contributed by atoms with Crippen LogP contribution in [0.25, 0.3) is 6.08 Å². The van der Waals surface area contributed by atoms with Gasteiger partial charge in [-0.25, -0.2) is 0 Å². The summed E-state index contributed by atoms with van der Waals surface area (Å²) < 4.78 is 12.4. The Hall–Kier alpha value is -2.62. The molecule has 0 fully saturated rings. The van der Waals surface area contributed by atoms with Crippen LogP contribution in [0.15, 0.2) is 62.9 Å². The molecule has 0 saturated heterocycles. The number of methoxy groups -OCH3 is 2. The molecule has 2 amide bonds. The number of carbonyl (C=O) groups is 2. The van der Waals surface area contributed by atoms with Crippen molar-refractivity contribution in [1.82, 2.24) is 0 Å². The van der Waals surface area contributed by atoms with Gasteiger partial charge in [0.05, 0.1) is 29.3 Å². The molecular weight excluding hydrogens is 548 g/mol. The molecule has 0 radical (unpaired) electrons. The van der Waals surface area contributed by atoms with Crippen molar-refractivity contribution in [2.24, 2.45) is 0 Å². The van der Waals surface area contributed by atoms with Crippen LogP contribution < -0.4 is 20.1 Å². The maximum Gasteiger partial charge on any atom is 0.265 e. The van der Waals surface area contributed by atoms with Gasteiger partial charge in [-0.2, -0.15) is 0 Å². The molecule has 0 bridgehead atoms. The summed E-state index contributed by atoms with van der Waals surface area (Å²) in [5, 5.41) is 7.43. The number of ether oxygens (including phenoxy) is 2. The molecule has 160 valence electrons. The second kappa shape index (κ2) is 10.6. The molecule has 0 spiro atoms. The minimum absolute atomic E-state index is 0.220. The first-order valence-corrected chi connectivity index (χ1v) is 11.4. The molecule has 1 aromatic heterocycles. The Balaban J connectivity index is 1.72. The lowest BCUT2D eigenvalue weighted by molar-refractivity contribution is -0.111. The molecular formula is C22H18Br2N2O4S. The number of hydrogen-bond donors (Lipinski definition) is 2. The van der Waals surface area contributed by atoms with Crippen LogP contribution in [-0.4, -0.2) is 26.0 Å². The Bertz CT molecular complexity index is 1130. The highest BCUT2D eigenvalue weighted by molar-refractivity contribution is 9.11. The number of halogens is 2. The van der Waals surface area contributed by atoms with E-state index >= 15 is 0 Å². The van der Waals surface area contributed by atoms with Gasteiger partial charge in [0.1, 0.15) is 11.5 Å². The molecule has 2 N–H and O–H groups in total. The number of anilines is 2. The minimum Gasteiger partial charge on any atom is -0.495 e. The molecule has 6 nitrogen and oxygen atoms in total. The molecule has 0 aliphatic heterocycles. The van der Waals surface area contributed by atoms with E-state index in [-0.39, 0.29) is 11.8 Å². The van der Waals surface area contributed by atoms with Crippen molar-refractivity contribution >= 4 is 72.5 Å². The van der Waals surface area contributed by atoms with E-state index in [0.29, 0.717) is 27.8 Å². The van der Waals surface area contributed by atoms with Crippen molar-refractivity contribution in [3.05, 3.63) is 73.3 Å². The molecule has 0 aliphatic carbocycles. The van der Waals surface area contributed by atoms with Crippen LogP contribution >= 0.6 is 43.2 Å². The Morgan fingerprint density at radius 1 is 1.03 bits per heavy atom. The van der Waals surface area contributed by atoms with Crippen molar-refractivity contribution in [3.8, 4) is 11.5 Å². The highest BCUT2D eigenvalue weighted by Gasteiger charge is 2.12. The van der Waals surface area contributed by atoms with E-state index in [0.717, 1.165) is 14.5 Å². The second-order valence-corrected chi connectivity index (χ2v) is 8.90. The number of carbonyl (C=O) groups excluding carboxylic acids is 2. The number of rotatable bonds is 7. The molecule has 0 aliphatic rings. The summed E-state index contributed by atoms with van der Waals surface area (Å²) in [6.45, 7) is 0. The quantitative estimate of drug-likeness (QED) is 0.335. The second-order valence-electron chi connectivity index (χ2n) is 6.18. The zero-order valence-electron chi connectivity index (χ0n) is 16.6. The third-order valence-electron chi connectivity index (χ3n) is 4.12. The molecule has 3 rings (SSSR count). The first kappa shape index (κ1) is 23.1. The number of amides is 2. The number of benzene rings is 2. The van der Waals surface area contributed by atoms with Crippen LogP contribution in [-0.2, 0) is 4.79 Å². The summed E-state index contributed by atoms with van der Waals surface area (Å²) in [7, 11) is 3.06. The third-order valence-corrected chi connectivity index (χ3v) is 6.03. The van der Waals surface area contributed by atoms with Crippen LogP contribution in [0.2, 0.25) is 0 Å². The molecule has 3 aromatic rings. The normalized spacial score (nSPS) is 10.7. The average molecular weight is 566 g/mol. The lowest BCUT2D eigenvalue weighted by Crippen LogP contribution is -2.12. The summed E-state index contributed by atoms with van der Waals surface area (Å²) in [6.07, 6.45) is 3.08. The Morgan fingerprint density at radius 3 is 2.52 bits per heavy atom. The highest BCUT2D eigenvalue weighted by atomic mass is 79.9. The van der Waals surface area contributed by atoms with Crippen molar-refractivity contribution < 1.29 is 19.1 Å². The van der Waals surface area contributed by atoms with Gasteiger partial charge in [-0.1, -0.05) is 22.0 Å². The number of hydrogen-bond acceptors (Lipinski definition) is 5. The summed E-state index contributed by atoms with van der Waals surface area (Å²) in [5.41, 5.74) is 1.78. The van der Waals surface area contributed by atoms with E-state index in [1.807, 2.05) is 23.6 Å². The predicted molar refractivity (Wildman–Crippen MR) is 131 cm³/mol. The van der Waals surface area contributed by atoms with Gasteiger partial charge < -0.3 is 20.1 Å². The van der Waals surface area contributed by atoms with Crippen LogP contribution in [0.1, 0.15) is 15.2 Å². The smallest absolute Gasteiger partial charge is 0.265 e. The Labute approximate surface area is 200 Å². The van der Waals surface area contributed by atoms with Gasteiger partial charge in [-0.15, -0.1) is 11.3 Å². The maximum absolute atomic E-state index is 12.4. The van der Waals surface area contributed by atoms with Gasteiger partial charge in [0.2, 0.25) is 5.91 Å². The van der Waals surface area contributed by atoms with Gasteiger partial charge in [0.25, 0.3) is 5.91 Å². The van der Waals surface area contributed by atoms with Crippen molar-refractivity contribution in [2.75, 3.05) is 24.9 Å². The van der Waals surface area contributed by atoms with Crippen LogP contribution in [0.3, 0.4) is 0 Å². The third kappa shape index (κ3) is 5.96. The van der Waals surface area contributed by atoms with E-state index in [1.54, 1.807) is 37.5 Å². The van der Waals surface area contributed by atoms with Crippen molar-refractivity contribution in [1.29, 1.82) is 0 Å². The monoisotopic (exact) mass is 564 g/mol. The van der Waals surface area contributed by atoms with Gasteiger partial charge in [0, 0.05) is 27.9 Å². The topological polar surface area (TPSA) is 76.7 Å². The summed E-state index contributed by atoms with van der Waals surface area (Å²) in [4.78, 5) is 25.3. The highest BCUT2D eigenvalue weighted by Crippen LogP contribution is 2.33.